The molecule has 1 aliphatic heterocycles. The molecular weight excluding hydrogens is 564 g/mol. The van der Waals surface area contributed by atoms with Gasteiger partial charge in [0.2, 0.25) is 5.91 Å². The molecule has 1 aliphatic rings. The van der Waals surface area contributed by atoms with Crippen LogP contribution in [0.4, 0.5) is 14.6 Å². The number of piperazine rings is 1. The number of halogens is 3. The molecule has 1 aromatic carbocycles. The number of nitrogens with zero attached hydrogens (tertiary/aromatic N) is 7. The van der Waals surface area contributed by atoms with E-state index in [0.29, 0.717) is 30.0 Å². The number of anilines is 1. The van der Waals surface area contributed by atoms with Gasteiger partial charge in [-0.3, -0.25) is 4.79 Å². The van der Waals surface area contributed by atoms with Crippen LogP contribution in [0.1, 0.15) is 45.0 Å². The third-order valence-electron chi connectivity index (χ3n) is 7.47. The van der Waals surface area contributed by atoms with Gasteiger partial charge < -0.3 is 9.80 Å². The van der Waals surface area contributed by atoms with E-state index in [1.54, 1.807) is 36.1 Å². The van der Waals surface area contributed by atoms with Crippen LogP contribution in [0.15, 0.2) is 47.8 Å². The Morgan fingerprint density at radius 2 is 1.81 bits per heavy atom. The van der Waals surface area contributed by atoms with Crippen molar-refractivity contribution in [3.8, 4) is 16.9 Å². The van der Waals surface area contributed by atoms with Crippen LogP contribution in [0, 0.1) is 18.8 Å². The maximum Gasteiger partial charge on any atom is 0.355 e. The highest BCUT2D eigenvalue weighted by Crippen LogP contribution is 2.36. The smallest absolute Gasteiger partial charge is 0.349 e. The fourth-order valence-corrected chi connectivity index (χ4v) is 5.70. The summed E-state index contributed by atoms with van der Waals surface area (Å²) in [6.45, 7) is 13.4. The van der Waals surface area contributed by atoms with Gasteiger partial charge in [0.05, 0.1) is 33.2 Å². The van der Waals surface area contributed by atoms with E-state index in [9.17, 15) is 18.4 Å². The molecule has 1 amide bonds. The van der Waals surface area contributed by atoms with Gasteiger partial charge in [0.1, 0.15) is 11.6 Å². The van der Waals surface area contributed by atoms with Crippen molar-refractivity contribution in [1.29, 1.82) is 0 Å². The van der Waals surface area contributed by atoms with Crippen LogP contribution in [0.2, 0.25) is 5.02 Å². The SMILES string of the molecule is C=CC(=O)N1C[C@H](C)N(c2nc(=O)n(-c3c(C)nc(F)nc3C(C)C)c3nc(-c4ccccc4F)c(Cl)cc23)C[C@H]1C. The van der Waals surface area contributed by atoms with E-state index in [1.165, 1.54) is 16.7 Å². The fourth-order valence-electron chi connectivity index (χ4n) is 5.45. The Hall–Kier alpha value is -4.25. The second-order valence-corrected chi connectivity index (χ2v) is 11.1. The molecule has 1 fully saturated rings. The zero-order valence-corrected chi connectivity index (χ0v) is 24.7. The molecule has 0 unspecified atom stereocenters. The van der Waals surface area contributed by atoms with E-state index in [1.807, 2.05) is 32.6 Å². The summed E-state index contributed by atoms with van der Waals surface area (Å²) >= 11 is 6.74. The van der Waals surface area contributed by atoms with Gasteiger partial charge in [-0.15, -0.1) is 0 Å². The molecule has 42 heavy (non-hydrogen) atoms. The Balaban J connectivity index is 1.84. The van der Waals surface area contributed by atoms with Crippen molar-refractivity contribution in [3.05, 3.63) is 81.8 Å². The number of rotatable bonds is 5. The van der Waals surface area contributed by atoms with Crippen LogP contribution in [-0.2, 0) is 4.79 Å². The molecule has 0 radical (unpaired) electrons. The minimum atomic E-state index is -0.917. The van der Waals surface area contributed by atoms with Gasteiger partial charge >= 0.3 is 11.8 Å². The Kier molecular flexibility index (Phi) is 7.80. The van der Waals surface area contributed by atoms with E-state index in [0.717, 1.165) is 0 Å². The van der Waals surface area contributed by atoms with Crippen molar-refractivity contribution in [2.45, 2.75) is 52.6 Å². The maximum absolute atomic E-state index is 14.9. The Morgan fingerprint density at radius 1 is 1.10 bits per heavy atom. The Morgan fingerprint density at radius 3 is 2.48 bits per heavy atom. The fraction of sp³-hybridized carbons (Fsp3) is 0.333. The summed E-state index contributed by atoms with van der Waals surface area (Å²) in [5, 5.41) is 0.568. The lowest BCUT2D eigenvalue weighted by molar-refractivity contribution is -0.128. The Bertz CT molecular complexity index is 1790. The summed E-state index contributed by atoms with van der Waals surface area (Å²) in [4.78, 5) is 47.2. The standard InChI is InChI=1S/C30H30ClF2N7O2/c1-7-23(41)38-13-17(5)39(14-16(38)4)27-20-12-21(31)25(19-10-8-9-11-22(19)32)35-28(20)40(30(42)37-27)26-18(6)34-29(33)36-24(26)15(2)3/h7-12,15-17H,1,13-14H2,2-6H3/t16-,17+/m1/s1. The van der Waals surface area contributed by atoms with E-state index < -0.39 is 17.6 Å². The molecule has 0 saturated carbocycles. The maximum atomic E-state index is 14.9. The number of fused-ring (bicyclic) bond motifs is 1. The van der Waals surface area contributed by atoms with Gasteiger partial charge in [0, 0.05) is 30.7 Å². The van der Waals surface area contributed by atoms with Crippen molar-refractivity contribution in [2.75, 3.05) is 18.0 Å². The van der Waals surface area contributed by atoms with Gasteiger partial charge in [-0.2, -0.15) is 9.37 Å². The number of pyridine rings is 1. The molecule has 3 aromatic heterocycles. The number of carbonyl (C=O) groups is 1. The summed E-state index contributed by atoms with van der Waals surface area (Å²) in [6, 6.07) is 7.22. The summed E-state index contributed by atoms with van der Waals surface area (Å²) in [5.41, 5.74) is 0.470. The molecule has 4 aromatic rings. The molecule has 0 N–H and O–H groups in total. The van der Waals surface area contributed by atoms with Crippen LogP contribution < -0.4 is 10.6 Å². The molecular formula is C30H30ClF2N7O2. The monoisotopic (exact) mass is 593 g/mol. The zero-order valence-electron chi connectivity index (χ0n) is 23.9. The predicted molar refractivity (Wildman–Crippen MR) is 158 cm³/mol. The first-order valence-electron chi connectivity index (χ1n) is 13.5. The predicted octanol–water partition coefficient (Wildman–Crippen LogP) is 5.21. The molecule has 2 atom stereocenters. The molecule has 0 bridgehead atoms. The third kappa shape index (κ3) is 5.02. The molecule has 0 spiro atoms. The van der Waals surface area contributed by atoms with Crippen LogP contribution in [0.25, 0.3) is 28.0 Å². The van der Waals surface area contributed by atoms with Gasteiger partial charge in [-0.25, -0.2) is 28.7 Å². The average molecular weight is 594 g/mol. The summed E-state index contributed by atoms with van der Waals surface area (Å²) in [5.74, 6) is -0.691. The van der Waals surface area contributed by atoms with Gasteiger partial charge in [0.25, 0.3) is 0 Å². The van der Waals surface area contributed by atoms with Crippen molar-refractivity contribution in [1.82, 2.24) is 29.4 Å². The highest BCUT2D eigenvalue weighted by atomic mass is 35.5. The van der Waals surface area contributed by atoms with Crippen LogP contribution in [0.3, 0.4) is 0 Å². The number of hydrogen-bond donors (Lipinski definition) is 0. The lowest BCUT2D eigenvalue weighted by Crippen LogP contribution is -2.58. The summed E-state index contributed by atoms with van der Waals surface area (Å²) in [7, 11) is 0. The van der Waals surface area contributed by atoms with Crippen molar-refractivity contribution < 1.29 is 13.6 Å². The van der Waals surface area contributed by atoms with Crippen LogP contribution in [0.5, 0.6) is 0 Å². The van der Waals surface area contributed by atoms with Crippen molar-refractivity contribution in [2.24, 2.45) is 0 Å². The third-order valence-corrected chi connectivity index (χ3v) is 7.76. The molecule has 0 aliphatic carbocycles. The minimum Gasteiger partial charge on any atom is -0.349 e. The number of amides is 1. The second-order valence-electron chi connectivity index (χ2n) is 10.7. The van der Waals surface area contributed by atoms with Gasteiger partial charge in [-0.05, 0) is 51.0 Å². The summed E-state index contributed by atoms with van der Waals surface area (Å²) in [6.07, 6.45) is 0.362. The normalized spacial score (nSPS) is 17.3. The molecule has 5 rings (SSSR count). The first-order chi connectivity index (χ1) is 19.9. The lowest BCUT2D eigenvalue weighted by atomic mass is 10.1. The first-order valence-corrected chi connectivity index (χ1v) is 13.9. The van der Waals surface area contributed by atoms with Gasteiger partial charge in [-0.1, -0.05) is 44.2 Å². The number of aromatic nitrogens is 5. The molecule has 12 heteroatoms. The number of aryl methyl sites for hydroxylation is 1. The van der Waals surface area contributed by atoms with E-state index in [2.05, 4.69) is 21.5 Å². The highest BCUT2D eigenvalue weighted by molar-refractivity contribution is 6.33. The van der Waals surface area contributed by atoms with Crippen molar-refractivity contribution >= 4 is 34.4 Å². The largest absolute Gasteiger partial charge is 0.355 e. The Labute approximate surface area is 246 Å². The van der Waals surface area contributed by atoms with Gasteiger partial charge in [0.15, 0.2) is 5.65 Å². The lowest BCUT2D eigenvalue weighted by Gasteiger charge is -2.44. The number of hydrogen-bond acceptors (Lipinski definition) is 7. The molecule has 218 valence electrons. The molecule has 9 nitrogen and oxygen atoms in total. The van der Waals surface area contributed by atoms with Crippen LogP contribution in [-0.4, -0.2) is 60.5 Å². The molecule has 4 heterocycles. The number of benzene rings is 1. The zero-order chi connectivity index (χ0) is 30.5. The summed E-state index contributed by atoms with van der Waals surface area (Å²) < 4.78 is 30.5. The van der Waals surface area contributed by atoms with E-state index in [-0.39, 0.29) is 57.2 Å². The molecule has 1 saturated heterocycles. The van der Waals surface area contributed by atoms with Crippen LogP contribution >= 0.6 is 11.6 Å². The van der Waals surface area contributed by atoms with E-state index >= 15 is 0 Å². The second kappa shape index (κ2) is 11.2. The first kappa shape index (κ1) is 29.2. The average Bonchev–Trinajstić information content (AvgIpc) is 2.94. The highest BCUT2D eigenvalue weighted by Gasteiger charge is 2.34. The quantitative estimate of drug-likeness (QED) is 0.231. The van der Waals surface area contributed by atoms with E-state index in [4.69, 9.17) is 16.6 Å². The number of carbonyl (C=O) groups excluding carboxylic acids is 1. The minimum absolute atomic E-state index is 0.127. The topological polar surface area (TPSA) is 97.1 Å². The van der Waals surface area contributed by atoms with Crippen molar-refractivity contribution in [3.63, 3.8) is 0 Å².